The molecule has 0 radical (unpaired) electrons. The van der Waals surface area contributed by atoms with Crippen molar-refractivity contribution in [3.8, 4) is 11.5 Å². The van der Waals surface area contributed by atoms with Crippen LogP contribution in [0.5, 0.6) is 0 Å². The molecule has 3 rings (SSSR count). The van der Waals surface area contributed by atoms with Crippen molar-refractivity contribution in [2.75, 3.05) is 14.1 Å². The summed E-state index contributed by atoms with van der Waals surface area (Å²) in [5, 5.41) is 17.8. The number of hydrogen-bond acceptors (Lipinski definition) is 8. The highest BCUT2D eigenvalue weighted by Gasteiger charge is 2.24. The smallest absolute Gasteiger partial charge is 0.399 e. The summed E-state index contributed by atoms with van der Waals surface area (Å²) in [5.41, 5.74) is 3.30. The minimum Gasteiger partial charge on any atom is -0.399 e. The summed E-state index contributed by atoms with van der Waals surface area (Å²) in [6, 6.07) is 12.7. The maximum Gasteiger partial charge on any atom is 0.433 e. The highest BCUT2D eigenvalue weighted by atomic mass is 35.7. The number of aromatic nitrogens is 2. The minimum atomic E-state index is -4.94. The van der Waals surface area contributed by atoms with Crippen LogP contribution in [0.2, 0.25) is 0 Å². The van der Waals surface area contributed by atoms with Crippen molar-refractivity contribution in [3.63, 3.8) is 0 Å². The van der Waals surface area contributed by atoms with Crippen LogP contribution in [0, 0.1) is 20.4 Å². The first-order valence-corrected chi connectivity index (χ1v) is 8.81. The van der Waals surface area contributed by atoms with E-state index < -0.39 is 15.2 Å². The zero-order valence-corrected chi connectivity index (χ0v) is 15.5. The fraction of sp³-hybridized carbons (Fsp3) is 0.125. The van der Waals surface area contributed by atoms with Crippen molar-refractivity contribution in [2.24, 2.45) is 0 Å². The Balaban J connectivity index is 0.000000500. The molecule has 11 nitrogen and oxygen atoms in total. The van der Waals surface area contributed by atoms with Gasteiger partial charge in [-0.25, -0.2) is 23.2 Å². The van der Waals surface area contributed by atoms with Gasteiger partial charge in [-0.15, -0.1) is 10.2 Å². The maximum absolute atomic E-state index is 10.8. The molecular formula is C16H15ClN4O7. The molecule has 2 heterocycles. The van der Waals surface area contributed by atoms with E-state index in [1.165, 1.54) is 6.07 Å². The van der Waals surface area contributed by atoms with E-state index in [1.807, 2.05) is 49.0 Å². The summed E-state index contributed by atoms with van der Waals surface area (Å²) in [6.45, 7) is 0. The number of furan rings is 1. The second-order valence-corrected chi connectivity index (χ2v) is 6.29. The lowest BCUT2D eigenvalue weighted by molar-refractivity contribution is -2.00. The predicted octanol–water partition coefficient (Wildman–Crippen LogP) is -2.07. The maximum atomic E-state index is 10.8. The van der Waals surface area contributed by atoms with E-state index in [0.29, 0.717) is 11.5 Å². The molecular weight excluding hydrogens is 396 g/mol. The van der Waals surface area contributed by atoms with Crippen LogP contribution >= 0.6 is 0 Å². The molecule has 148 valence electrons. The van der Waals surface area contributed by atoms with E-state index >= 15 is 0 Å². The molecule has 0 spiro atoms. The molecule has 0 unspecified atom stereocenters. The fourth-order valence-corrected chi connectivity index (χ4v) is 2.46. The van der Waals surface area contributed by atoms with Gasteiger partial charge in [0, 0.05) is 11.8 Å². The van der Waals surface area contributed by atoms with Gasteiger partial charge in [-0.3, -0.25) is 15.2 Å². The largest absolute Gasteiger partial charge is 0.433 e. The number of H-pyrrole nitrogens is 1. The molecule has 0 amide bonds. The van der Waals surface area contributed by atoms with Crippen LogP contribution in [0.15, 0.2) is 53.1 Å². The van der Waals surface area contributed by atoms with Gasteiger partial charge < -0.3 is 4.42 Å². The van der Waals surface area contributed by atoms with E-state index in [-0.39, 0.29) is 5.88 Å². The van der Waals surface area contributed by atoms with Gasteiger partial charge in [0.25, 0.3) is 0 Å². The highest BCUT2D eigenvalue weighted by molar-refractivity contribution is 6.12. The summed E-state index contributed by atoms with van der Waals surface area (Å²) in [4.78, 5) is 10.2. The third-order valence-electron chi connectivity index (χ3n) is 3.40. The topological polar surface area (TPSA) is 180 Å². The summed E-state index contributed by atoms with van der Waals surface area (Å²) >= 11 is 0. The Morgan fingerprint density at radius 3 is 2.18 bits per heavy atom. The van der Waals surface area contributed by atoms with Crippen LogP contribution in [0.1, 0.15) is 11.1 Å². The molecule has 0 bridgehead atoms. The monoisotopic (exact) mass is 410 g/mol. The normalized spacial score (nSPS) is 10.8. The molecule has 0 aliphatic heterocycles. The van der Waals surface area contributed by atoms with Gasteiger partial charge in [0.1, 0.15) is 24.7 Å². The minimum absolute atomic E-state index is 0.305. The Hall–Kier alpha value is -3.09. The van der Waals surface area contributed by atoms with Crippen LogP contribution in [0.3, 0.4) is 0 Å². The summed E-state index contributed by atoms with van der Waals surface area (Å²) in [6.07, 6.45) is 1.76. The second-order valence-electron chi connectivity index (χ2n) is 5.53. The van der Waals surface area contributed by atoms with Gasteiger partial charge >= 0.3 is 5.88 Å². The van der Waals surface area contributed by atoms with Gasteiger partial charge in [0.05, 0.1) is 11.6 Å². The summed E-state index contributed by atoms with van der Waals surface area (Å²) in [7, 11) is -1.08. The number of nitrogens with one attached hydrogen (secondary N) is 1. The Morgan fingerprint density at radius 2 is 1.68 bits per heavy atom. The van der Waals surface area contributed by atoms with Crippen LogP contribution in [-0.4, -0.2) is 39.5 Å². The van der Waals surface area contributed by atoms with E-state index in [2.05, 4.69) is 10.2 Å². The lowest BCUT2D eigenvalue weighted by Crippen LogP contribution is -2.68. The van der Waals surface area contributed by atoms with Crippen LogP contribution in [-0.2, 0) is 0 Å². The molecule has 0 saturated carbocycles. The molecule has 1 aromatic carbocycles. The van der Waals surface area contributed by atoms with Gasteiger partial charge in [-0.05, 0) is 18.2 Å². The lowest BCUT2D eigenvalue weighted by atomic mass is 10.0. The van der Waals surface area contributed by atoms with Crippen molar-refractivity contribution >= 4 is 11.6 Å². The molecule has 0 aliphatic carbocycles. The first-order valence-electron chi connectivity index (χ1n) is 7.58. The van der Waals surface area contributed by atoms with Crippen molar-refractivity contribution < 1.29 is 42.8 Å². The average molecular weight is 411 g/mol. The molecule has 2 aromatic heterocycles. The van der Waals surface area contributed by atoms with Gasteiger partial charge in [-0.1, -0.05) is 18.2 Å². The molecule has 1 N–H and O–H groups in total. The molecule has 0 saturated heterocycles. The molecule has 3 aromatic rings. The van der Waals surface area contributed by atoms with Gasteiger partial charge in [0.2, 0.25) is 5.71 Å². The van der Waals surface area contributed by atoms with E-state index in [0.717, 1.165) is 16.8 Å². The number of rotatable bonds is 4. The summed E-state index contributed by atoms with van der Waals surface area (Å²) < 4.78 is 41.2. The third kappa shape index (κ3) is 5.70. The number of hydrogen-bond donors (Lipinski definition) is 1. The quantitative estimate of drug-likeness (QED) is 0.220. The number of benzene rings is 1. The molecule has 12 heteroatoms. The van der Waals surface area contributed by atoms with Crippen molar-refractivity contribution in [1.82, 2.24) is 10.2 Å². The zero-order valence-electron chi connectivity index (χ0n) is 14.7. The highest BCUT2D eigenvalue weighted by Crippen LogP contribution is 2.28. The average Bonchev–Trinajstić information content (AvgIpc) is 3.23. The zero-order chi connectivity index (χ0) is 20.9. The number of nitrogens with zero attached hydrogens (tertiary/aromatic N) is 3. The number of halogens is 1. The Labute approximate surface area is 160 Å². The standard InChI is InChI=1S/C16H14N4O3.ClHO4/c1-19(2)16(11-6-4-3-5-7-11)12-10-17-18-15(12)13-8-9-14(23-13)20(21)22;2-1(3,4)5/h3-10H,1-2H3;(H,2,3,4,5). The SMILES string of the molecule is C[N+](C)=C(c1ccccc1)c1c[nH]nc1-c1ccc([N+](=O)[O-])o1.[O-][Cl+3]([O-])([O-])[O-]. The number of nitro groups is 1. The summed E-state index contributed by atoms with van der Waals surface area (Å²) in [5.74, 6) is 0.0447. The van der Waals surface area contributed by atoms with Gasteiger partial charge in [0.15, 0.2) is 5.76 Å². The van der Waals surface area contributed by atoms with Crippen molar-refractivity contribution in [3.05, 3.63) is 69.9 Å². The number of aromatic amines is 1. The molecule has 0 aliphatic rings. The van der Waals surface area contributed by atoms with Gasteiger partial charge in [-0.2, -0.15) is 5.10 Å². The van der Waals surface area contributed by atoms with E-state index in [4.69, 9.17) is 23.1 Å². The first kappa shape index (κ1) is 21.2. The Kier molecular flexibility index (Phi) is 6.62. The van der Waals surface area contributed by atoms with Crippen LogP contribution in [0.25, 0.3) is 11.5 Å². The predicted molar refractivity (Wildman–Crippen MR) is 84.7 cm³/mol. The van der Waals surface area contributed by atoms with Crippen LogP contribution < -0.4 is 18.6 Å². The van der Waals surface area contributed by atoms with Crippen molar-refractivity contribution in [1.29, 1.82) is 0 Å². The second kappa shape index (κ2) is 8.73. The van der Waals surface area contributed by atoms with E-state index in [9.17, 15) is 10.1 Å². The Morgan fingerprint density at radius 1 is 1.07 bits per heavy atom. The fourth-order valence-electron chi connectivity index (χ4n) is 2.46. The van der Waals surface area contributed by atoms with Crippen LogP contribution in [0.4, 0.5) is 5.88 Å². The molecule has 0 atom stereocenters. The third-order valence-corrected chi connectivity index (χ3v) is 3.40. The Bertz CT molecular complexity index is 966. The van der Waals surface area contributed by atoms with Crippen molar-refractivity contribution in [2.45, 2.75) is 0 Å². The first-order chi connectivity index (χ1) is 13.1. The molecule has 28 heavy (non-hydrogen) atoms. The van der Waals surface area contributed by atoms with E-state index in [1.54, 1.807) is 12.3 Å². The lowest BCUT2D eigenvalue weighted by Gasteiger charge is -2.17. The molecule has 0 fully saturated rings.